The van der Waals surface area contributed by atoms with Crippen molar-refractivity contribution in [2.45, 2.75) is 57.5 Å². The van der Waals surface area contributed by atoms with Gasteiger partial charge in [0.1, 0.15) is 0 Å². The molecule has 0 saturated heterocycles. The van der Waals surface area contributed by atoms with Crippen molar-refractivity contribution < 1.29 is 9.90 Å². The smallest absolute Gasteiger partial charge is 0.236 e. The van der Waals surface area contributed by atoms with Gasteiger partial charge in [-0.1, -0.05) is 31.2 Å². The Kier molecular flexibility index (Phi) is 6.19. The van der Waals surface area contributed by atoms with Gasteiger partial charge in [-0.05, 0) is 50.2 Å². The van der Waals surface area contributed by atoms with E-state index in [2.05, 4.69) is 43.4 Å². The second-order valence-corrected chi connectivity index (χ2v) is 6.85. The molecule has 1 amide bonds. The van der Waals surface area contributed by atoms with Gasteiger partial charge in [0.15, 0.2) is 0 Å². The van der Waals surface area contributed by atoms with Crippen molar-refractivity contribution in [1.82, 2.24) is 10.2 Å². The van der Waals surface area contributed by atoms with Crippen LogP contribution in [0.1, 0.15) is 56.7 Å². The predicted octanol–water partition coefficient (Wildman–Crippen LogP) is 2.66. The van der Waals surface area contributed by atoms with Crippen LogP contribution in [0.25, 0.3) is 0 Å². The van der Waals surface area contributed by atoms with Gasteiger partial charge in [0.05, 0.1) is 12.6 Å². The Hall–Kier alpha value is -1.39. The van der Waals surface area contributed by atoms with Crippen LogP contribution in [-0.4, -0.2) is 41.7 Å². The molecule has 2 rings (SSSR count). The van der Waals surface area contributed by atoms with Gasteiger partial charge in [-0.3, -0.25) is 4.79 Å². The van der Waals surface area contributed by atoms with Gasteiger partial charge < -0.3 is 15.3 Å². The quantitative estimate of drug-likeness (QED) is 0.813. The number of nitrogens with zero attached hydrogens (tertiary/aromatic N) is 1. The summed E-state index contributed by atoms with van der Waals surface area (Å²) in [5.74, 6) is 0.115. The molecule has 0 spiro atoms. The van der Waals surface area contributed by atoms with Crippen LogP contribution in [-0.2, 0) is 11.2 Å². The number of benzene rings is 1. The number of hydrogen-bond donors (Lipinski definition) is 2. The van der Waals surface area contributed by atoms with Crippen LogP contribution in [0.4, 0.5) is 0 Å². The largest absolute Gasteiger partial charge is 0.396 e. The molecule has 0 bridgehead atoms. The van der Waals surface area contributed by atoms with Gasteiger partial charge in [-0.2, -0.15) is 0 Å². The fourth-order valence-electron chi connectivity index (χ4n) is 3.36. The summed E-state index contributed by atoms with van der Waals surface area (Å²) in [4.78, 5) is 14.5. The van der Waals surface area contributed by atoms with E-state index in [1.54, 1.807) is 0 Å². The minimum Gasteiger partial charge on any atom is -0.396 e. The second-order valence-electron chi connectivity index (χ2n) is 6.85. The molecule has 1 aromatic rings. The number of carbonyl (C=O) groups is 1. The van der Waals surface area contributed by atoms with Gasteiger partial charge in [0.2, 0.25) is 5.91 Å². The molecule has 2 atom stereocenters. The summed E-state index contributed by atoms with van der Waals surface area (Å²) in [6.07, 6.45) is 4.81. The fourth-order valence-corrected chi connectivity index (χ4v) is 3.36. The molecular weight excluding hydrogens is 288 g/mol. The van der Waals surface area contributed by atoms with Crippen molar-refractivity contribution in [2.24, 2.45) is 0 Å². The monoisotopic (exact) mass is 318 g/mol. The van der Waals surface area contributed by atoms with Crippen LogP contribution in [0.15, 0.2) is 24.3 Å². The third-order valence-electron chi connectivity index (χ3n) is 5.31. The highest BCUT2D eigenvalue weighted by Gasteiger charge is 2.28. The van der Waals surface area contributed by atoms with Crippen molar-refractivity contribution in [3.63, 3.8) is 0 Å². The lowest BCUT2D eigenvalue weighted by Crippen LogP contribution is -2.48. The minimum atomic E-state index is -0.185. The molecule has 4 heteroatoms. The summed E-state index contributed by atoms with van der Waals surface area (Å²) in [6.45, 7) is 4.59. The van der Waals surface area contributed by atoms with E-state index in [4.69, 9.17) is 0 Å². The first-order chi connectivity index (χ1) is 11.0. The fraction of sp³-hybridized carbons (Fsp3) is 0.632. The Morgan fingerprint density at radius 3 is 2.87 bits per heavy atom. The normalized spacial score (nSPS) is 19.7. The van der Waals surface area contributed by atoms with E-state index >= 15 is 0 Å². The molecule has 0 aliphatic heterocycles. The summed E-state index contributed by atoms with van der Waals surface area (Å²) in [5.41, 5.74) is 2.48. The lowest BCUT2D eigenvalue weighted by atomic mass is 9.87. The Morgan fingerprint density at radius 1 is 1.43 bits per heavy atom. The molecule has 0 fully saturated rings. The van der Waals surface area contributed by atoms with E-state index in [0.717, 1.165) is 25.7 Å². The first-order valence-electron chi connectivity index (χ1n) is 8.70. The Bertz CT molecular complexity index is 532. The summed E-state index contributed by atoms with van der Waals surface area (Å²) in [6, 6.07) is 8.64. The number of rotatable bonds is 7. The van der Waals surface area contributed by atoms with Gasteiger partial charge in [-0.25, -0.2) is 0 Å². The second kappa shape index (κ2) is 7.93. The number of aryl methyl sites for hydroxylation is 1. The van der Waals surface area contributed by atoms with E-state index in [0.29, 0.717) is 13.0 Å². The number of carbonyl (C=O) groups excluding carboxylic acids is 1. The molecule has 0 radical (unpaired) electrons. The van der Waals surface area contributed by atoms with Crippen LogP contribution in [0, 0.1) is 0 Å². The Morgan fingerprint density at radius 2 is 2.17 bits per heavy atom. The molecule has 1 aliphatic carbocycles. The van der Waals surface area contributed by atoms with E-state index in [9.17, 15) is 9.90 Å². The number of aliphatic hydroxyl groups excluding tert-OH is 1. The van der Waals surface area contributed by atoms with Crippen LogP contribution in [0.5, 0.6) is 0 Å². The van der Waals surface area contributed by atoms with Crippen molar-refractivity contribution in [3.8, 4) is 0 Å². The van der Waals surface area contributed by atoms with Gasteiger partial charge >= 0.3 is 0 Å². The minimum absolute atomic E-state index is 0.115. The van der Waals surface area contributed by atoms with E-state index in [1.807, 2.05) is 11.9 Å². The Balaban J connectivity index is 2.01. The third-order valence-corrected chi connectivity index (χ3v) is 5.31. The van der Waals surface area contributed by atoms with Gasteiger partial charge in [-0.15, -0.1) is 0 Å². The number of likely N-dealkylation sites (N-methyl/N-ethyl adjacent to an activating group) is 1. The van der Waals surface area contributed by atoms with E-state index in [1.165, 1.54) is 11.1 Å². The van der Waals surface area contributed by atoms with Crippen molar-refractivity contribution in [3.05, 3.63) is 35.4 Å². The maximum absolute atomic E-state index is 12.6. The van der Waals surface area contributed by atoms with Crippen molar-refractivity contribution >= 4 is 5.91 Å². The third kappa shape index (κ3) is 4.33. The van der Waals surface area contributed by atoms with Crippen LogP contribution < -0.4 is 5.32 Å². The van der Waals surface area contributed by atoms with Crippen LogP contribution >= 0.6 is 0 Å². The standard InChI is InChI=1S/C19H30N2O2/c1-4-19(2,12-13-22)20-14-18(23)21(3)17-11-7-9-15-8-5-6-10-16(15)17/h5-6,8,10,17,20,22H,4,7,9,11-14H2,1-3H3/t17-,19-/m1/s1. The molecule has 0 aromatic heterocycles. The van der Waals surface area contributed by atoms with E-state index < -0.39 is 0 Å². The zero-order chi connectivity index (χ0) is 16.9. The molecule has 0 heterocycles. The summed E-state index contributed by atoms with van der Waals surface area (Å²) < 4.78 is 0. The van der Waals surface area contributed by atoms with Crippen LogP contribution in [0.3, 0.4) is 0 Å². The average Bonchev–Trinajstić information content (AvgIpc) is 2.59. The highest BCUT2D eigenvalue weighted by molar-refractivity contribution is 5.78. The number of amides is 1. The SMILES string of the molecule is CC[C@](C)(CCO)NCC(=O)N(C)[C@@H]1CCCc2ccccc21. The van der Waals surface area contributed by atoms with Crippen molar-refractivity contribution in [2.75, 3.05) is 20.2 Å². The maximum Gasteiger partial charge on any atom is 0.236 e. The number of nitrogens with one attached hydrogen (secondary N) is 1. The molecular formula is C19H30N2O2. The molecule has 128 valence electrons. The molecule has 0 unspecified atom stereocenters. The lowest BCUT2D eigenvalue weighted by Gasteiger charge is -2.35. The Labute approximate surface area is 139 Å². The molecule has 4 nitrogen and oxygen atoms in total. The molecule has 2 N–H and O–H groups in total. The average molecular weight is 318 g/mol. The zero-order valence-electron chi connectivity index (χ0n) is 14.6. The maximum atomic E-state index is 12.6. The van der Waals surface area contributed by atoms with E-state index in [-0.39, 0.29) is 24.1 Å². The van der Waals surface area contributed by atoms with Crippen LogP contribution in [0.2, 0.25) is 0 Å². The predicted molar refractivity (Wildman–Crippen MR) is 93.3 cm³/mol. The molecule has 0 saturated carbocycles. The topological polar surface area (TPSA) is 52.6 Å². The number of hydrogen-bond acceptors (Lipinski definition) is 3. The first kappa shape index (κ1) is 18.0. The highest BCUT2D eigenvalue weighted by atomic mass is 16.3. The lowest BCUT2D eigenvalue weighted by molar-refractivity contribution is -0.131. The molecule has 23 heavy (non-hydrogen) atoms. The first-order valence-corrected chi connectivity index (χ1v) is 8.70. The number of fused-ring (bicyclic) bond motifs is 1. The molecule has 1 aliphatic rings. The summed E-state index contributed by atoms with van der Waals surface area (Å²) in [7, 11) is 1.91. The molecule has 1 aromatic carbocycles. The zero-order valence-corrected chi connectivity index (χ0v) is 14.6. The van der Waals surface area contributed by atoms with Gasteiger partial charge in [0.25, 0.3) is 0 Å². The van der Waals surface area contributed by atoms with Crippen molar-refractivity contribution in [1.29, 1.82) is 0 Å². The van der Waals surface area contributed by atoms with Gasteiger partial charge in [0, 0.05) is 19.2 Å². The highest BCUT2D eigenvalue weighted by Crippen LogP contribution is 2.33. The summed E-state index contributed by atoms with van der Waals surface area (Å²) in [5, 5.41) is 12.5. The number of aliphatic hydroxyl groups is 1. The summed E-state index contributed by atoms with van der Waals surface area (Å²) >= 11 is 0.